The normalized spacial score (nSPS) is 18.4. The standard InChI is InChI=1S/C30H38N4O4/c1-21(35)32-25-7-8-28-26(18-25)27(19-31-28)24-11-15-33(16-12-24)29(36)17-22-9-13-34(14-10-22)30(37)38-20-23-5-3-2-4-6-23/h2-8,18-19,22,24,29,31,36H,9-17,20H2,1H3,(H,32,35). The van der Waals surface area contributed by atoms with Crippen LogP contribution in [0.15, 0.2) is 54.7 Å². The number of benzene rings is 2. The van der Waals surface area contributed by atoms with Gasteiger partial charge in [-0.15, -0.1) is 0 Å². The van der Waals surface area contributed by atoms with Crippen LogP contribution in [-0.4, -0.2) is 64.3 Å². The molecular weight excluding hydrogens is 480 g/mol. The average molecular weight is 519 g/mol. The molecule has 2 fully saturated rings. The van der Waals surface area contributed by atoms with Crippen molar-refractivity contribution in [3.05, 3.63) is 65.9 Å². The van der Waals surface area contributed by atoms with Gasteiger partial charge in [-0.3, -0.25) is 9.69 Å². The molecule has 1 aromatic heterocycles. The van der Waals surface area contributed by atoms with E-state index in [2.05, 4.69) is 21.4 Å². The Labute approximate surface area is 224 Å². The highest BCUT2D eigenvalue weighted by atomic mass is 16.6. The topological polar surface area (TPSA) is 97.9 Å². The summed E-state index contributed by atoms with van der Waals surface area (Å²) in [5.74, 6) is 0.754. The highest BCUT2D eigenvalue weighted by Gasteiger charge is 2.30. The molecule has 8 nitrogen and oxygen atoms in total. The number of anilines is 1. The van der Waals surface area contributed by atoms with Gasteiger partial charge in [-0.05, 0) is 73.3 Å². The van der Waals surface area contributed by atoms with Crippen LogP contribution in [0.3, 0.4) is 0 Å². The minimum Gasteiger partial charge on any atom is -0.445 e. The quantitative estimate of drug-likeness (QED) is 0.406. The number of carbonyl (C=O) groups is 2. The van der Waals surface area contributed by atoms with Crippen molar-refractivity contribution in [1.29, 1.82) is 0 Å². The van der Waals surface area contributed by atoms with Gasteiger partial charge in [-0.1, -0.05) is 30.3 Å². The molecule has 0 saturated carbocycles. The maximum Gasteiger partial charge on any atom is 0.410 e. The lowest BCUT2D eigenvalue weighted by Gasteiger charge is -2.38. The predicted molar refractivity (Wildman–Crippen MR) is 148 cm³/mol. The van der Waals surface area contributed by atoms with Crippen LogP contribution in [-0.2, 0) is 16.1 Å². The number of piperidine rings is 2. The zero-order valence-electron chi connectivity index (χ0n) is 22.1. The number of carbonyl (C=O) groups excluding carboxylic acids is 2. The first-order valence-electron chi connectivity index (χ1n) is 13.7. The number of nitrogens with one attached hydrogen (secondary N) is 2. The molecule has 3 heterocycles. The van der Waals surface area contributed by atoms with Crippen LogP contribution in [0, 0.1) is 5.92 Å². The van der Waals surface area contributed by atoms with E-state index in [0.29, 0.717) is 31.5 Å². The second-order valence-electron chi connectivity index (χ2n) is 10.7. The minimum absolute atomic E-state index is 0.0719. The molecular formula is C30H38N4O4. The molecule has 5 rings (SSSR count). The number of aliphatic hydroxyl groups excluding tert-OH is 1. The molecule has 3 aromatic rings. The van der Waals surface area contributed by atoms with Crippen molar-refractivity contribution in [3.8, 4) is 0 Å². The Kier molecular flexibility index (Phi) is 8.29. The number of ether oxygens (including phenoxy) is 1. The minimum atomic E-state index is -0.452. The van der Waals surface area contributed by atoms with E-state index >= 15 is 0 Å². The summed E-state index contributed by atoms with van der Waals surface area (Å²) in [5.41, 5.74) is 4.16. The zero-order chi connectivity index (χ0) is 26.5. The van der Waals surface area contributed by atoms with Gasteiger partial charge in [-0.25, -0.2) is 4.79 Å². The lowest BCUT2D eigenvalue weighted by atomic mass is 9.88. The number of hydrogen-bond donors (Lipinski definition) is 3. The van der Waals surface area contributed by atoms with Crippen LogP contribution in [0.25, 0.3) is 10.9 Å². The van der Waals surface area contributed by atoms with E-state index in [-0.39, 0.29) is 12.0 Å². The van der Waals surface area contributed by atoms with Crippen LogP contribution in [0.1, 0.15) is 56.1 Å². The summed E-state index contributed by atoms with van der Waals surface area (Å²) in [4.78, 5) is 31.3. The van der Waals surface area contributed by atoms with Gasteiger partial charge in [-0.2, -0.15) is 0 Å². The molecule has 2 amide bonds. The molecule has 3 N–H and O–H groups in total. The smallest absolute Gasteiger partial charge is 0.410 e. The van der Waals surface area contributed by atoms with Gasteiger partial charge in [0, 0.05) is 55.9 Å². The predicted octanol–water partition coefficient (Wildman–Crippen LogP) is 5.06. The fraction of sp³-hybridized carbons (Fsp3) is 0.467. The number of fused-ring (bicyclic) bond motifs is 1. The van der Waals surface area contributed by atoms with Crippen molar-refractivity contribution in [2.24, 2.45) is 5.92 Å². The van der Waals surface area contributed by atoms with E-state index in [9.17, 15) is 14.7 Å². The van der Waals surface area contributed by atoms with Gasteiger partial charge in [0.25, 0.3) is 0 Å². The van der Waals surface area contributed by atoms with E-state index < -0.39 is 6.23 Å². The van der Waals surface area contributed by atoms with E-state index in [1.54, 1.807) is 4.90 Å². The lowest BCUT2D eigenvalue weighted by molar-refractivity contribution is -0.114. The third-order valence-electron chi connectivity index (χ3n) is 8.05. The van der Waals surface area contributed by atoms with Gasteiger partial charge < -0.3 is 25.0 Å². The van der Waals surface area contributed by atoms with Crippen LogP contribution < -0.4 is 5.32 Å². The maximum atomic E-state index is 12.4. The molecule has 38 heavy (non-hydrogen) atoms. The maximum absolute atomic E-state index is 12.4. The van der Waals surface area contributed by atoms with E-state index in [4.69, 9.17) is 4.74 Å². The monoisotopic (exact) mass is 518 g/mol. The average Bonchev–Trinajstić information content (AvgIpc) is 3.36. The molecule has 1 atom stereocenters. The molecule has 2 aromatic carbocycles. The number of aliphatic hydroxyl groups is 1. The highest BCUT2D eigenvalue weighted by molar-refractivity contribution is 5.93. The van der Waals surface area contributed by atoms with Crippen molar-refractivity contribution in [2.45, 2.75) is 57.8 Å². The Morgan fingerprint density at radius 2 is 1.79 bits per heavy atom. The Hall–Kier alpha value is -3.36. The number of nitrogens with zero attached hydrogens (tertiary/aromatic N) is 2. The van der Waals surface area contributed by atoms with Crippen LogP contribution in [0.2, 0.25) is 0 Å². The molecule has 2 aliphatic rings. The van der Waals surface area contributed by atoms with Crippen molar-refractivity contribution < 1.29 is 19.4 Å². The second kappa shape index (κ2) is 12.0. The molecule has 2 aliphatic heterocycles. The van der Waals surface area contributed by atoms with Gasteiger partial charge in [0.05, 0.1) is 0 Å². The number of hydrogen-bond acceptors (Lipinski definition) is 5. The summed E-state index contributed by atoms with van der Waals surface area (Å²) in [6.07, 6.45) is 5.88. The molecule has 2 saturated heterocycles. The van der Waals surface area contributed by atoms with Gasteiger partial charge >= 0.3 is 6.09 Å². The summed E-state index contributed by atoms with van der Waals surface area (Å²) in [6.45, 7) is 4.88. The van der Waals surface area contributed by atoms with Crippen molar-refractivity contribution in [2.75, 3.05) is 31.5 Å². The first kappa shape index (κ1) is 26.3. The molecule has 0 bridgehead atoms. The van der Waals surface area contributed by atoms with Crippen molar-refractivity contribution in [3.63, 3.8) is 0 Å². The Morgan fingerprint density at radius 1 is 1.05 bits per heavy atom. The van der Waals surface area contributed by atoms with E-state index in [1.807, 2.05) is 48.5 Å². The molecule has 0 aliphatic carbocycles. The van der Waals surface area contributed by atoms with Gasteiger partial charge in [0.15, 0.2) is 0 Å². The third-order valence-corrected chi connectivity index (χ3v) is 8.05. The molecule has 202 valence electrons. The molecule has 0 radical (unpaired) electrons. The summed E-state index contributed by atoms with van der Waals surface area (Å²) in [5, 5.41) is 15.0. The summed E-state index contributed by atoms with van der Waals surface area (Å²) in [7, 11) is 0. The zero-order valence-corrected chi connectivity index (χ0v) is 22.1. The highest BCUT2D eigenvalue weighted by Crippen LogP contribution is 2.35. The SMILES string of the molecule is CC(=O)Nc1ccc2[nH]cc(C3CCN(C(O)CC4CCN(C(=O)OCc5ccccc5)CC4)CC3)c2c1. The van der Waals surface area contributed by atoms with Crippen molar-refractivity contribution in [1.82, 2.24) is 14.8 Å². The number of amides is 2. The fourth-order valence-corrected chi connectivity index (χ4v) is 5.88. The molecule has 0 spiro atoms. The summed E-state index contributed by atoms with van der Waals surface area (Å²) in [6, 6.07) is 15.7. The Balaban J connectivity index is 1.07. The largest absolute Gasteiger partial charge is 0.445 e. The first-order valence-corrected chi connectivity index (χ1v) is 13.7. The van der Waals surface area contributed by atoms with E-state index in [0.717, 1.165) is 67.3 Å². The van der Waals surface area contributed by atoms with Gasteiger partial charge in [0.1, 0.15) is 12.8 Å². The summed E-state index contributed by atoms with van der Waals surface area (Å²) >= 11 is 0. The number of likely N-dealkylation sites (tertiary alicyclic amines) is 2. The lowest BCUT2D eigenvalue weighted by Crippen LogP contribution is -2.44. The van der Waals surface area contributed by atoms with Gasteiger partial charge in [0.2, 0.25) is 5.91 Å². The number of aromatic nitrogens is 1. The first-order chi connectivity index (χ1) is 18.5. The molecule has 1 unspecified atom stereocenters. The Morgan fingerprint density at radius 3 is 2.50 bits per heavy atom. The number of H-pyrrole nitrogens is 1. The number of aromatic amines is 1. The van der Waals surface area contributed by atoms with Crippen LogP contribution in [0.5, 0.6) is 0 Å². The summed E-state index contributed by atoms with van der Waals surface area (Å²) < 4.78 is 5.48. The van der Waals surface area contributed by atoms with E-state index in [1.165, 1.54) is 12.5 Å². The van der Waals surface area contributed by atoms with Crippen LogP contribution in [0.4, 0.5) is 10.5 Å². The molecule has 8 heteroatoms. The second-order valence-corrected chi connectivity index (χ2v) is 10.7. The van der Waals surface area contributed by atoms with Crippen molar-refractivity contribution >= 4 is 28.6 Å². The number of rotatable bonds is 7. The van der Waals surface area contributed by atoms with Crippen LogP contribution >= 0.6 is 0 Å². The fourth-order valence-electron chi connectivity index (χ4n) is 5.88. The Bertz CT molecular complexity index is 1230. The third kappa shape index (κ3) is 6.37.